The molecule has 0 saturated carbocycles. The van der Waals surface area contributed by atoms with Crippen LogP contribution in [0.5, 0.6) is 0 Å². The maximum atomic E-state index is 6.12. The fourth-order valence-corrected chi connectivity index (χ4v) is 3.03. The Hall–Kier alpha value is -0.340. The van der Waals surface area contributed by atoms with Gasteiger partial charge in [0.2, 0.25) is 0 Å². The van der Waals surface area contributed by atoms with E-state index in [-0.39, 0.29) is 0 Å². The van der Waals surface area contributed by atoms with Crippen LogP contribution in [0.4, 0.5) is 5.69 Å². The van der Waals surface area contributed by atoms with Crippen molar-refractivity contribution in [1.82, 2.24) is 0 Å². The average Bonchev–Trinajstić information content (AvgIpc) is 2.02. The van der Waals surface area contributed by atoms with Gasteiger partial charge in [0.15, 0.2) is 0 Å². The molecule has 0 spiro atoms. The minimum atomic E-state index is 0.630. The van der Waals surface area contributed by atoms with Gasteiger partial charge in [-0.3, -0.25) is 0 Å². The molecule has 1 aromatic carbocycles. The maximum absolute atomic E-state index is 6.12. The largest absolute Gasteiger partial charge is 0.382 e. The van der Waals surface area contributed by atoms with Gasteiger partial charge in [-0.1, -0.05) is 18.5 Å². The molecule has 1 heterocycles. The normalized spacial score (nSPS) is 20.7. The molecule has 0 saturated heterocycles. The van der Waals surface area contributed by atoms with E-state index in [9.17, 15) is 0 Å². The van der Waals surface area contributed by atoms with E-state index in [1.807, 2.05) is 17.8 Å². The zero-order valence-electron chi connectivity index (χ0n) is 7.73. The monoisotopic (exact) mass is 213 g/mol. The minimum absolute atomic E-state index is 0.630. The van der Waals surface area contributed by atoms with Gasteiger partial charge in [-0.15, -0.1) is 11.8 Å². The predicted molar refractivity (Wildman–Crippen MR) is 60.0 cm³/mol. The van der Waals surface area contributed by atoms with Crippen LogP contribution in [0.25, 0.3) is 0 Å². The van der Waals surface area contributed by atoms with Gasteiger partial charge in [0.05, 0.1) is 10.7 Å². The molecule has 70 valence electrons. The summed E-state index contributed by atoms with van der Waals surface area (Å²) in [6, 6.07) is 4.19. The van der Waals surface area contributed by atoms with E-state index >= 15 is 0 Å². The number of halogens is 1. The summed E-state index contributed by atoms with van der Waals surface area (Å²) in [5.74, 6) is 0. The number of hydrogen-bond donors (Lipinski definition) is 1. The standard InChI is InChI=1S/C10H12ClNS/c1-6-3-8(11)10-9(4-6)13-7(2)5-12-10/h3-4,7,12H,5H2,1-2H3. The number of fused-ring (bicyclic) bond motifs is 1. The van der Waals surface area contributed by atoms with E-state index in [1.165, 1.54) is 10.5 Å². The SMILES string of the molecule is Cc1cc(Cl)c2c(c1)SC(C)CN2. The van der Waals surface area contributed by atoms with Crippen molar-refractivity contribution in [2.24, 2.45) is 0 Å². The summed E-state index contributed by atoms with van der Waals surface area (Å²) in [4.78, 5) is 1.28. The topological polar surface area (TPSA) is 12.0 Å². The summed E-state index contributed by atoms with van der Waals surface area (Å²) < 4.78 is 0. The summed E-state index contributed by atoms with van der Waals surface area (Å²) in [6.45, 7) is 5.29. The van der Waals surface area contributed by atoms with E-state index in [4.69, 9.17) is 11.6 Å². The molecule has 1 aliphatic rings. The van der Waals surface area contributed by atoms with Crippen LogP contribution in [0.1, 0.15) is 12.5 Å². The second kappa shape index (κ2) is 3.43. The molecule has 0 aliphatic carbocycles. The fraction of sp³-hybridized carbons (Fsp3) is 0.400. The quantitative estimate of drug-likeness (QED) is 0.708. The number of nitrogens with one attached hydrogen (secondary N) is 1. The lowest BCUT2D eigenvalue weighted by molar-refractivity contribution is 0.973. The Labute approximate surface area is 87.9 Å². The Kier molecular flexibility index (Phi) is 2.43. The molecule has 3 heteroatoms. The average molecular weight is 214 g/mol. The molecule has 1 nitrogen and oxygen atoms in total. The smallest absolute Gasteiger partial charge is 0.0668 e. The number of hydrogen-bond acceptors (Lipinski definition) is 2. The molecule has 1 aromatic rings. The van der Waals surface area contributed by atoms with Crippen LogP contribution in [0.15, 0.2) is 17.0 Å². The molecular weight excluding hydrogens is 202 g/mol. The number of rotatable bonds is 0. The predicted octanol–water partition coefficient (Wildman–Crippen LogP) is 3.55. The van der Waals surface area contributed by atoms with Crippen LogP contribution >= 0.6 is 23.4 Å². The van der Waals surface area contributed by atoms with Crippen molar-refractivity contribution in [3.05, 3.63) is 22.7 Å². The molecule has 1 atom stereocenters. The van der Waals surface area contributed by atoms with Gasteiger partial charge in [-0.2, -0.15) is 0 Å². The van der Waals surface area contributed by atoms with Crippen molar-refractivity contribution >= 4 is 29.1 Å². The number of anilines is 1. The Morgan fingerprint density at radius 1 is 1.54 bits per heavy atom. The summed E-state index contributed by atoms with van der Waals surface area (Å²) in [7, 11) is 0. The molecule has 1 aliphatic heterocycles. The molecular formula is C10H12ClNS. The van der Waals surface area contributed by atoms with Gasteiger partial charge in [0, 0.05) is 16.7 Å². The van der Waals surface area contributed by atoms with Crippen molar-refractivity contribution in [3.63, 3.8) is 0 Å². The highest BCUT2D eigenvalue weighted by atomic mass is 35.5. The number of thioether (sulfide) groups is 1. The maximum Gasteiger partial charge on any atom is 0.0668 e. The van der Waals surface area contributed by atoms with Crippen LogP contribution in [-0.2, 0) is 0 Å². The lowest BCUT2D eigenvalue weighted by atomic mass is 10.2. The third-order valence-electron chi connectivity index (χ3n) is 2.09. The van der Waals surface area contributed by atoms with Crippen LogP contribution in [0.2, 0.25) is 5.02 Å². The second-order valence-electron chi connectivity index (χ2n) is 3.43. The first-order chi connectivity index (χ1) is 6.16. The summed E-state index contributed by atoms with van der Waals surface area (Å²) >= 11 is 8.01. The van der Waals surface area contributed by atoms with E-state index in [1.54, 1.807) is 0 Å². The molecule has 1 unspecified atom stereocenters. The van der Waals surface area contributed by atoms with Gasteiger partial charge in [-0.05, 0) is 24.6 Å². The Bertz CT molecular complexity index is 338. The highest BCUT2D eigenvalue weighted by Crippen LogP contribution is 2.39. The van der Waals surface area contributed by atoms with Crippen molar-refractivity contribution in [2.45, 2.75) is 24.0 Å². The molecule has 0 bridgehead atoms. The Balaban J connectivity index is 2.47. The molecule has 1 N–H and O–H groups in total. The zero-order valence-corrected chi connectivity index (χ0v) is 9.30. The van der Waals surface area contributed by atoms with Crippen molar-refractivity contribution < 1.29 is 0 Å². The summed E-state index contributed by atoms with van der Waals surface area (Å²) in [5, 5.41) is 4.83. The summed E-state index contributed by atoms with van der Waals surface area (Å²) in [6.07, 6.45) is 0. The first-order valence-corrected chi connectivity index (χ1v) is 5.63. The van der Waals surface area contributed by atoms with E-state index in [0.29, 0.717) is 5.25 Å². The molecule has 2 rings (SSSR count). The highest BCUT2D eigenvalue weighted by molar-refractivity contribution is 8.00. The summed E-state index contributed by atoms with van der Waals surface area (Å²) in [5.41, 5.74) is 2.34. The van der Waals surface area contributed by atoms with Crippen molar-refractivity contribution in [1.29, 1.82) is 0 Å². The number of benzene rings is 1. The lowest BCUT2D eigenvalue weighted by Crippen LogP contribution is -2.18. The number of aryl methyl sites for hydroxylation is 1. The van der Waals surface area contributed by atoms with Crippen LogP contribution in [0.3, 0.4) is 0 Å². The third-order valence-corrected chi connectivity index (χ3v) is 3.54. The fourth-order valence-electron chi connectivity index (χ4n) is 1.48. The van der Waals surface area contributed by atoms with Gasteiger partial charge in [0.1, 0.15) is 0 Å². The second-order valence-corrected chi connectivity index (χ2v) is 5.32. The first kappa shape index (κ1) is 9.22. The van der Waals surface area contributed by atoms with Crippen LogP contribution in [-0.4, -0.2) is 11.8 Å². The van der Waals surface area contributed by atoms with Gasteiger partial charge >= 0.3 is 0 Å². The molecule has 13 heavy (non-hydrogen) atoms. The van der Waals surface area contributed by atoms with Crippen molar-refractivity contribution in [3.8, 4) is 0 Å². The van der Waals surface area contributed by atoms with Gasteiger partial charge in [-0.25, -0.2) is 0 Å². The highest BCUT2D eigenvalue weighted by Gasteiger charge is 2.17. The Morgan fingerprint density at radius 2 is 2.31 bits per heavy atom. The molecule has 0 fully saturated rings. The third kappa shape index (κ3) is 1.79. The van der Waals surface area contributed by atoms with E-state index < -0.39 is 0 Å². The van der Waals surface area contributed by atoms with E-state index in [0.717, 1.165) is 17.3 Å². The minimum Gasteiger partial charge on any atom is -0.382 e. The van der Waals surface area contributed by atoms with Crippen LogP contribution < -0.4 is 5.32 Å². The van der Waals surface area contributed by atoms with Crippen LogP contribution in [0, 0.1) is 6.92 Å². The van der Waals surface area contributed by atoms with Crippen molar-refractivity contribution in [2.75, 3.05) is 11.9 Å². The zero-order chi connectivity index (χ0) is 9.42. The van der Waals surface area contributed by atoms with E-state index in [2.05, 4.69) is 25.2 Å². The molecule has 0 radical (unpaired) electrons. The molecule has 0 amide bonds. The van der Waals surface area contributed by atoms with Gasteiger partial charge < -0.3 is 5.32 Å². The first-order valence-electron chi connectivity index (χ1n) is 4.37. The Morgan fingerprint density at radius 3 is 3.08 bits per heavy atom. The molecule has 0 aromatic heterocycles. The lowest BCUT2D eigenvalue weighted by Gasteiger charge is -2.24. The van der Waals surface area contributed by atoms with Gasteiger partial charge in [0.25, 0.3) is 0 Å².